The largest absolute Gasteiger partial charge is 0.351 e. The molecule has 2 aromatic carbocycles. The second kappa shape index (κ2) is 9.01. The molecule has 0 saturated carbocycles. The van der Waals surface area contributed by atoms with E-state index in [0.29, 0.717) is 23.0 Å². The Morgan fingerprint density at radius 3 is 2.78 bits per heavy atom. The highest BCUT2D eigenvalue weighted by Crippen LogP contribution is 2.19. The van der Waals surface area contributed by atoms with Gasteiger partial charge in [-0.2, -0.15) is 0 Å². The number of hydrogen-bond donors (Lipinski definition) is 1. The highest BCUT2D eigenvalue weighted by atomic mass is 35.5. The fraction of sp³-hybridized carbons (Fsp3) is 0.211. The zero-order valence-electron chi connectivity index (χ0n) is 14.7. The number of carbonyl (C=O) groups excluding carboxylic acids is 1. The summed E-state index contributed by atoms with van der Waals surface area (Å²) < 4.78 is 14.5. The van der Waals surface area contributed by atoms with Crippen molar-refractivity contribution in [2.45, 2.75) is 18.2 Å². The molecule has 1 heterocycles. The van der Waals surface area contributed by atoms with Crippen LogP contribution < -0.4 is 5.32 Å². The maximum absolute atomic E-state index is 12.9. The number of amides is 1. The number of carbonyl (C=O) groups is 1. The first-order valence-electron chi connectivity index (χ1n) is 8.39. The lowest BCUT2D eigenvalue weighted by atomic mass is 10.3. The van der Waals surface area contributed by atoms with E-state index in [2.05, 4.69) is 15.6 Å². The Morgan fingerprint density at radius 1 is 1.26 bits per heavy atom. The molecular weight excluding hydrogens is 387 g/mol. The lowest BCUT2D eigenvalue weighted by molar-refractivity contribution is 0.0948. The third-order valence-electron chi connectivity index (χ3n) is 3.85. The first-order chi connectivity index (χ1) is 13.0. The molecule has 0 aliphatic rings. The molecule has 0 unspecified atom stereocenters. The number of halogens is 2. The molecule has 0 spiro atoms. The summed E-state index contributed by atoms with van der Waals surface area (Å²) in [4.78, 5) is 13.3. The van der Waals surface area contributed by atoms with Crippen molar-refractivity contribution in [2.24, 2.45) is 0 Å². The van der Waals surface area contributed by atoms with E-state index in [4.69, 9.17) is 11.6 Å². The van der Waals surface area contributed by atoms with Crippen molar-refractivity contribution in [1.29, 1.82) is 0 Å². The number of thioether (sulfide) groups is 1. The van der Waals surface area contributed by atoms with E-state index in [0.717, 1.165) is 22.8 Å². The van der Waals surface area contributed by atoms with Crippen LogP contribution in [0.15, 0.2) is 53.4 Å². The molecule has 3 aromatic rings. The quantitative estimate of drug-likeness (QED) is 0.471. The number of aromatic nitrogens is 3. The van der Waals surface area contributed by atoms with Crippen molar-refractivity contribution >= 4 is 29.3 Å². The molecule has 0 saturated heterocycles. The number of nitrogens with one attached hydrogen (secondary N) is 1. The Bertz CT molecular complexity index is 930. The van der Waals surface area contributed by atoms with E-state index in [1.54, 1.807) is 47.6 Å². The summed E-state index contributed by atoms with van der Waals surface area (Å²) in [6.07, 6.45) is 0.787. The highest BCUT2D eigenvalue weighted by molar-refractivity contribution is 7.99. The van der Waals surface area contributed by atoms with E-state index in [-0.39, 0.29) is 11.7 Å². The molecule has 1 N–H and O–H groups in total. The Labute approximate surface area is 165 Å². The summed E-state index contributed by atoms with van der Waals surface area (Å²) in [6.45, 7) is 2.32. The lowest BCUT2D eigenvalue weighted by Gasteiger charge is -2.06. The number of nitrogens with zero attached hydrogens (tertiary/aromatic N) is 3. The van der Waals surface area contributed by atoms with Crippen LogP contribution >= 0.6 is 23.4 Å². The van der Waals surface area contributed by atoms with Crippen LogP contribution in [-0.4, -0.2) is 33.2 Å². The van der Waals surface area contributed by atoms with Crippen LogP contribution in [0.2, 0.25) is 5.02 Å². The Morgan fingerprint density at radius 2 is 2.04 bits per heavy atom. The Hall–Kier alpha value is -2.38. The van der Waals surface area contributed by atoms with Crippen LogP contribution in [0, 0.1) is 12.7 Å². The zero-order chi connectivity index (χ0) is 19.2. The van der Waals surface area contributed by atoms with Gasteiger partial charge in [0, 0.05) is 16.5 Å². The molecule has 0 fully saturated rings. The summed E-state index contributed by atoms with van der Waals surface area (Å²) in [5, 5.41) is 11.5. The molecule has 0 atom stereocenters. The average molecular weight is 405 g/mol. The minimum absolute atomic E-state index is 0.243. The normalized spacial score (nSPS) is 10.8. The molecular formula is C19H18ClFN4OS. The predicted octanol–water partition coefficient (Wildman–Crippen LogP) is 4.28. The summed E-state index contributed by atoms with van der Waals surface area (Å²) >= 11 is 7.63. The maximum atomic E-state index is 12.9. The molecule has 27 heavy (non-hydrogen) atoms. The summed E-state index contributed by atoms with van der Waals surface area (Å²) in [5.74, 6) is 0.320. The van der Waals surface area contributed by atoms with E-state index in [1.807, 2.05) is 12.1 Å². The van der Waals surface area contributed by atoms with Crippen molar-refractivity contribution in [3.05, 3.63) is 70.8 Å². The SMILES string of the molecule is Cc1c(C(=O)NCCCSc2ccc(F)cc2)nnn1-c1cccc(Cl)c1. The van der Waals surface area contributed by atoms with Crippen molar-refractivity contribution in [3.63, 3.8) is 0 Å². The fourth-order valence-corrected chi connectivity index (χ4v) is 3.51. The van der Waals surface area contributed by atoms with E-state index >= 15 is 0 Å². The van der Waals surface area contributed by atoms with Gasteiger partial charge in [-0.3, -0.25) is 4.79 Å². The van der Waals surface area contributed by atoms with Gasteiger partial charge in [0.1, 0.15) is 5.82 Å². The van der Waals surface area contributed by atoms with E-state index in [1.165, 1.54) is 12.1 Å². The lowest BCUT2D eigenvalue weighted by Crippen LogP contribution is -2.26. The van der Waals surface area contributed by atoms with Crippen molar-refractivity contribution in [1.82, 2.24) is 20.3 Å². The van der Waals surface area contributed by atoms with Crippen LogP contribution in [-0.2, 0) is 0 Å². The van der Waals surface area contributed by atoms with Crippen LogP contribution in [0.4, 0.5) is 4.39 Å². The van der Waals surface area contributed by atoms with Gasteiger partial charge in [-0.15, -0.1) is 16.9 Å². The number of benzene rings is 2. The fourth-order valence-electron chi connectivity index (χ4n) is 2.47. The highest BCUT2D eigenvalue weighted by Gasteiger charge is 2.17. The topological polar surface area (TPSA) is 59.8 Å². The minimum Gasteiger partial charge on any atom is -0.351 e. The third kappa shape index (κ3) is 5.08. The van der Waals surface area contributed by atoms with Crippen molar-refractivity contribution in [2.75, 3.05) is 12.3 Å². The Balaban J connectivity index is 1.50. The number of rotatable bonds is 7. The van der Waals surface area contributed by atoms with Gasteiger partial charge in [-0.1, -0.05) is 22.9 Å². The first-order valence-corrected chi connectivity index (χ1v) is 9.76. The Kier molecular flexibility index (Phi) is 6.47. The van der Waals surface area contributed by atoms with Crippen molar-refractivity contribution in [3.8, 4) is 5.69 Å². The average Bonchev–Trinajstić information content (AvgIpc) is 3.04. The smallest absolute Gasteiger partial charge is 0.273 e. The molecule has 5 nitrogen and oxygen atoms in total. The second-order valence-electron chi connectivity index (χ2n) is 5.83. The standard InChI is InChI=1S/C19H18ClFN4OS/c1-13-18(23-24-25(13)16-5-2-4-14(20)12-16)19(26)22-10-3-11-27-17-8-6-15(21)7-9-17/h2,4-9,12H,3,10-11H2,1H3,(H,22,26). The van der Waals surface area contributed by atoms with Crippen molar-refractivity contribution < 1.29 is 9.18 Å². The van der Waals surface area contributed by atoms with Gasteiger partial charge >= 0.3 is 0 Å². The summed E-state index contributed by atoms with van der Waals surface area (Å²) in [7, 11) is 0. The van der Waals surface area contributed by atoms with Crippen LogP contribution in [0.3, 0.4) is 0 Å². The molecule has 8 heteroatoms. The monoisotopic (exact) mass is 404 g/mol. The molecule has 0 radical (unpaired) electrons. The van der Waals surface area contributed by atoms with E-state index < -0.39 is 0 Å². The van der Waals surface area contributed by atoms with Crippen LogP contribution in [0.1, 0.15) is 22.6 Å². The van der Waals surface area contributed by atoms with Crippen LogP contribution in [0.5, 0.6) is 0 Å². The third-order valence-corrected chi connectivity index (χ3v) is 5.18. The van der Waals surface area contributed by atoms with Gasteiger partial charge in [-0.25, -0.2) is 9.07 Å². The summed E-state index contributed by atoms with van der Waals surface area (Å²) in [6, 6.07) is 13.6. The molecule has 0 bridgehead atoms. The van der Waals surface area contributed by atoms with Gasteiger partial charge in [0.05, 0.1) is 11.4 Å². The second-order valence-corrected chi connectivity index (χ2v) is 7.43. The molecule has 1 amide bonds. The number of hydrogen-bond acceptors (Lipinski definition) is 4. The van der Waals surface area contributed by atoms with Gasteiger partial charge in [0.2, 0.25) is 0 Å². The maximum Gasteiger partial charge on any atom is 0.273 e. The van der Waals surface area contributed by atoms with Gasteiger partial charge in [0.25, 0.3) is 5.91 Å². The zero-order valence-corrected chi connectivity index (χ0v) is 16.2. The van der Waals surface area contributed by atoms with Gasteiger partial charge in [0.15, 0.2) is 5.69 Å². The molecule has 0 aliphatic heterocycles. The van der Waals surface area contributed by atoms with Gasteiger partial charge in [-0.05, 0) is 61.6 Å². The summed E-state index contributed by atoms with van der Waals surface area (Å²) in [5.41, 5.74) is 1.69. The predicted molar refractivity (Wildman–Crippen MR) is 105 cm³/mol. The molecule has 1 aromatic heterocycles. The molecule has 140 valence electrons. The van der Waals surface area contributed by atoms with Gasteiger partial charge < -0.3 is 5.32 Å². The van der Waals surface area contributed by atoms with E-state index in [9.17, 15) is 9.18 Å². The molecule has 3 rings (SSSR count). The minimum atomic E-state index is -0.257. The first kappa shape index (κ1) is 19.4. The molecule has 0 aliphatic carbocycles. The van der Waals surface area contributed by atoms with Crippen LogP contribution in [0.25, 0.3) is 5.69 Å².